The largest absolute Gasteiger partial charge is 0.457 e. The Hall–Kier alpha value is -3.05. The molecular weight excluding hydrogens is 302 g/mol. The molecule has 2 aromatic carbocycles. The fraction of sp³-hybridized carbons (Fsp3) is 0.105. The van der Waals surface area contributed by atoms with Gasteiger partial charge >= 0.3 is 0 Å². The van der Waals surface area contributed by atoms with Crippen LogP contribution < -0.4 is 5.73 Å². The molecule has 0 unspecified atom stereocenters. The predicted octanol–water partition coefficient (Wildman–Crippen LogP) is 3.42. The summed E-state index contributed by atoms with van der Waals surface area (Å²) in [7, 11) is 0. The number of aliphatic hydroxyl groups excluding tert-OH is 1. The standard InChI is InChI=1S/C19H17N3O2/c20-14-6-8-17-16(10-14)19(18-9-7-15(12-23)24-18)21-22(17)11-13-4-2-1-3-5-13/h1-10,23H,11-12,20H2. The number of hydrogen-bond donors (Lipinski definition) is 2. The van der Waals surface area contributed by atoms with E-state index >= 15 is 0 Å². The smallest absolute Gasteiger partial charge is 0.155 e. The van der Waals surface area contributed by atoms with Crippen LogP contribution in [-0.2, 0) is 13.2 Å². The molecule has 0 atom stereocenters. The van der Waals surface area contributed by atoms with Crippen molar-refractivity contribution in [1.82, 2.24) is 9.78 Å². The summed E-state index contributed by atoms with van der Waals surface area (Å²) in [6.45, 7) is 0.527. The van der Waals surface area contributed by atoms with Gasteiger partial charge in [-0.15, -0.1) is 0 Å². The van der Waals surface area contributed by atoms with Crippen molar-refractivity contribution in [3.8, 4) is 11.5 Å². The summed E-state index contributed by atoms with van der Waals surface area (Å²) in [6, 6.07) is 19.5. The van der Waals surface area contributed by atoms with Crippen LogP contribution in [0.1, 0.15) is 11.3 Å². The van der Waals surface area contributed by atoms with E-state index in [1.165, 1.54) is 5.56 Å². The van der Waals surface area contributed by atoms with Crippen molar-refractivity contribution in [3.63, 3.8) is 0 Å². The lowest BCUT2D eigenvalue weighted by atomic mass is 10.1. The highest BCUT2D eigenvalue weighted by Gasteiger charge is 2.16. The van der Waals surface area contributed by atoms with E-state index in [-0.39, 0.29) is 6.61 Å². The Bertz CT molecular complexity index is 986. The molecule has 0 aliphatic carbocycles. The third-order valence-electron chi connectivity index (χ3n) is 4.00. The molecule has 5 nitrogen and oxygen atoms in total. The molecule has 0 saturated carbocycles. The molecule has 0 radical (unpaired) electrons. The Labute approximate surface area is 138 Å². The molecule has 4 aromatic rings. The molecule has 2 aromatic heterocycles. The maximum atomic E-state index is 9.22. The molecule has 0 amide bonds. The van der Waals surface area contributed by atoms with Gasteiger partial charge in [0.1, 0.15) is 18.1 Å². The zero-order valence-corrected chi connectivity index (χ0v) is 13.0. The summed E-state index contributed by atoms with van der Waals surface area (Å²) in [5.41, 5.74) is 9.52. The van der Waals surface area contributed by atoms with Gasteiger partial charge in [0, 0.05) is 11.1 Å². The first-order valence-corrected chi connectivity index (χ1v) is 7.74. The number of aliphatic hydroxyl groups is 1. The molecule has 0 saturated heterocycles. The first-order valence-electron chi connectivity index (χ1n) is 7.74. The third-order valence-corrected chi connectivity index (χ3v) is 4.00. The van der Waals surface area contributed by atoms with Gasteiger partial charge in [0.05, 0.1) is 12.1 Å². The Morgan fingerprint density at radius 2 is 1.88 bits per heavy atom. The predicted molar refractivity (Wildman–Crippen MR) is 93.3 cm³/mol. The first kappa shape index (κ1) is 14.5. The number of hydrogen-bond acceptors (Lipinski definition) is 4. The zero-order chi connectivity index (χ0) is 16.5. The monoisotopic (exact) mass is 319 g/mol. The zero-order valence-electron chi connectivity index (χ0n) is 13.0. The van der Waals surface area contributed by atoms with Crippen molar-refractivity contribution in [3.05, 3.63) is 72.0 Å². The Kier molecular flexibility index (Phi) is 3.55. The van der Waals surface area contributed by atoms with Gasteiger partial charge in [0.2, 0.25) is 0 Å². The Morgan fingerprint density at radius 1 is 1.04 bits per heavy atom. The van der Waals surface area contributed by atoms with E-state index in [0.29, 0.717) is 23.8 Å². The second-order valence-corrected chi connectivity index (χ2v) is 5.69. The topological polar surface area (TPSA) is 77.2 Å². The van der Waals surface area contributed by atoms with Crippen LogP contribution in [0.2, 0.25) is 0 Å². The number of fused-ring (bicyclic) bond motifs is 1. The summed E-state index contributed by atoms with van der Waals surface area (Å²) in [5.74, 6) is 1.14. The molecule has 4 rings (SSSR count). The van der Waals surface area contributed by atoms with E-state index in [9.17, 15) is 5.11 Å². The summed E-state index contributed by atoms with van der Waals surface area (Å²) in [4.78, 5) is 0. The number of nitrogens with two attached hydrogens (primary N) is 1. The molecule has 0 aliphatic heterocycles. The minimum Gasteiger partial charge on any atom is -0.457 e. The minimum absolute atomic E-state index is 0.134. The summed E-state index contributed by atoms with van der Waals surface area (Å²) in [5, 5.41) is 14.9. The summed E-state index contributed by atoms with van der Waals surface area (Å²) >= 11 is 0. The van der Waals surface area contributed by atoms with Gasteiger partial charge in [-0.25, -0.2) is 0 Å². The van der Waals surface area contributed by atoms with E-state index < -0.39 is 0 Å². The highest BCUT2D eigenvalue weighted by atomic mass is 16.4. The normalized spacial score (nSPS) is 11.2. The number of benzene rings is 2. The van der Waals surface area contributed by atoms with Gasteiger partial charge in [-0.05, 0) is 35.9 Å². The number of anilines is 1. The van der Waals surface area contributed by atoms with Crippen molar-refractivity contribution >= 4 is 16.6 Å². The Balaban J connectivity index is 1.86. The van der Waals surface area contributed by atoms with Crippen LogP contribution in [-0.4, -0.2) is 14.9 Å². The molecule has 0 fully saturated rings. The molecule has 5 heteroatoms. The Morgan fingerprint density at radius 3 is 2.62 bits per heavy atom. The average Bonchev–Trinajstić information content (AvgIpc) is 3.20. The number of furan rings is 1. The van der Waals surface area contributed by atoms with Gasteiger partial charge in [-0.1, -0.05) is 30.3 Å². The fourth-order valence-corrected chi connectivity index (χ4v) is 2.85. The number of nitrogens with zero attached hydrogens (tertiary/aromatic N) is 2. The molecule has 2 heterocycles. The highest BCUT2D eigenvalue weighted by molar-refractivity contribution is 5.94. The van der Waals surface area contributed by atoms with Crippen LogP contribution in [0, 0.1) is 0 Å². The summed E-state index contributed by atoms with van der Waals surface area (Å²) < 4.78 is 7.61. The van der Waals surface area contributed by atoms with Crippen LogP contribution in [0.25, 0.3) is 22.4 Å². The van der Waals surface area contributed by atoms with Gasteiger partial charge in [-0.2, -0.15) is 5.10 Å². The lowest BCUT2D eigenvalue weighted by molar-refractivity contribution is 0.248. The van der Waals surface area contributed by atoms with Crippen LogP contribution in [0.5, 0.6) is 0 Å². The SMILES string of the molecule is Nc1ccc2c(c1)c(-c1ccc(CO)o1)nn2Cc1ccccc1. The van der Waals surface area contributed by atoms with E-state index in [2.05, 4.69) is 12.1 Å². The molecule has 24 heavy (non-hydrogen) atoms. The van der Waals surface area contributed by atoms with Crippen LogP contribution in [0.4, 0.5) is 5.69 Å². The molecule has 0 bridgehead atoms. The van der Waals surface area contributed by atoms with Gasteiger partial charge in [0.25, 0.3) is 0 Å². The van der Waals surface area contributed by atoms with Crippen molar-refractivity contribution in [2.75, 3.05) is 5.73 Å². The lowest BCUT2D eigenvalue weighted by Gasteiger charge is -2.03. The first-order chi connectivity index (χ1) is 11.7. The van der Waals surface area contributed by atoms with Crippen LogP contribution in [0.15, 0.2) is 65.1 Å². The lowest BCUT2D eigenvalue weighted by Crippen LogP contribution is -2.01. The van der Waals surface area contributed by atoms with E-state index in [1.807, 2.05) is 47.1 Å². The molecular formula is C19H17N3O2. The number of aromatic nitrogens is 2. The fourth-order valence-electron chi connectivity index (χ4n) is 2.85. The quantitative estimate of drug-likeness (QED) is 0.565. The van der Waals surface area contributed by atoms with Crippen molar-refractivity contribution < 1.29 is 9.52 Å². The maximum Gasteiger partial charge on any atom is 0.155 e. The van der Waals surface area contributed by atoms with E-state index in [1.54, 1.807) is 6.07 Å². The van der Waals surface area contributed by atoms with E-state index in [0.717, 1.165) is 16.6 Å². The molecule has 0 aliphatic rings. The van der Waals surface area contributed by atoms with Crippen LogP contribution >= 0.6 is 0 Å². The number of nitrogen functional groups attached to an aromatic ring is 1. The number of rotatable bonds is 4. The van der Waals surface area contributed by atoms with E-state index in [4.69, 9.17) is 15.2 Å². The molecule has 120 valence electrons. The van der Waals surface area contributed by atoms with Crippen molar-refractivity contribution in [2.45, 2.75) is 13.2 Å². The highest BCUT2D eigenvalue weighted by Crippen LogP contribution is 2.31. The van der Waals surface area contributed by atoms with Gasteiger partial charge in [0.15, 0.2) is 5.76 Å². The van der Waals surface area contributed by atoms with Crippen LogP contribution in [0.3, 0.4) is 0 Å². The second kappa shape index (κ2) is 5.86. The van der Waals surface area contributed by atoms with Crippen molar-refractivity contribution in [1.29, 1.82) is 0 Å². The third kappa shape index (κ3) is 2.55. The molecule has 0 spiro atoms. The van der Waals surface area contributed by atoms with Gasteiger partial charge in [-0.3, -0.25) is 4.68 Å². The minimum atomic E-state index is -0.134. The second-order valence-electron chi connectivity index (χ2n) is 5.69. The molecule has 3 N–H and O–H groups in total. The average molecular weight is 319 g/mol. The van der Waals surface area contributed by atoms with Crippen molar-refractivity contribution in [2.24, 2.45) is 0 Å². The van der Waals surface area contributed by atoms with Gasteiger partial charge < -0.3 is 15.3 Å². The summed E-state index contributed by atoms with van der Waals surface area (Å²) in [6.07, 6.45) is 0. The maximum absolute atomic E-state index is 9.22.